The van der Waals surface area contributed by atoms with Crippen molar-refractivity contribution >= 4 is 18.3 Å². The number of amides is 1. The van der Waals surface area contributed by atoms with Crippen molar-refractivity contribution < 1.29 is 9.18 Å². The first kappa shape index (κ1) is 19.4. The van der Waals surface area contributed by atoms with Gasteiger partial charge in [-0.15, -0.1) is 12.4 Å². The molecule has 2 aromatic rings. The Morgan fingerprint density at radius 2 is 1.84 bits per heavy atom. The van der Waals surface area contributed by atoms with Gasteiger partial charge in [-0.2, -0.15) is 0 Å². The van der Waals surface area contributed by atoms with Gasteiger partial charge in [0.15, 0.2) is 0 Å². The SMILES string of the molecule is Cc1ccc(C(N)C(=O)N2CCC(Cc3ccc(F)cc3)C2)cc1.Cl. The van der Waals surface area contributed by atoms with Gasteiger partial charge in [-0.3, -0.25) is 4.79 Å². The first-order valence-corrected chi connectivity index (χ1v) is 8.38. The molecule has 0 aliphatic carbocycles. The number of carbonyl (C=O) groups is 1. The second kappa shape index (κ2) is 8.45. The molecule has 1 heterocycles. The Hall–Kier alpha value is -1.91. The molecule has 25 heavy (non-hydrogen) atoms. The van der Waals surface area contributed by atoms with Crippen molar-refractivity contribution in [2.75, 3.05) is 13.1 Å². The molecule has 0 radical (unpaired) electrons. The number of likely N-dealkylation sites (tertiary alicyclic amines) is 1. The van der Waals surface area contributed by atoms with Crippen molar-refractivity contribution in [2.45, 2.75) is 25.8 Å². The minimum Gasteiger partial charge on any atom is -0.341 e. The van der Waals surface area contributed by atoms with Gasteiger partial charge in [0.1, 0.15) is 11.9 Å². The Morgan fingerprint density at radius 1 is 1.20 bits per heavy atom. The fraction of sp³-hybridized carbons (Fsp3) is 0.350. The Labute approximate surface area is 154 Å². The number of rotatable bonds is 4. The summed E-state index contributed by atoms with van der Waals surface area (Å²) in [5.74, 6) is 0.177. The molecule has 2 atom stereocenters. The number of hydrogen-bond acceptors (Lipinski definition) is 2. The summed E-state index contributed by atoms with van der Waals surface area (Å²) in [6, 6.07) is 13.8. The minimum absolute atomic E-state index is 0. The highest BCUT2D eigenvalue weighted by Gasteiger charge is 2.29. The number of halogens is 2. The van der Waals surface area contributed by atoms with Crippen LogP contribution in [-0.2, 0) is 11.2 Å². The van der Waals surface area contributed by atoms with Crippen LogP contribution in [-0.4, -0.2) is 23.9 Å². The molecule has 1 fully saturated rings. The Kier molecular flexibility index (Phi) is 6.57. The smallest absolute Gasteiger partial charge is 0.244 e. The number of carbonyl (C=O) groups excluding carboxylic acids is 1. The maximum atomic E-state index is 13.0. The molecule has 1 aliphatic rings. The van der Waals surface area contributed by atoms with E-state index in [2.05, 4.69) is 0 Å². The second-order valence-corrected chi connectivity index (χ2v) is 6.66. The van der Waals surface area contributed by atoms with Gasteiger partial charge in [0, 0.05) is 13.1 Å². The molecule has 0 aromatic heterocycles. The lowest BCUT2D eigenvalue weighted by molar-refractivity contribution is -0.131. The topological polar surface area (TPSA) is 46.3 Å². The molecule has 2 N–H and O–H groups in total. The quantitative estimate of drug-likeness (QED) is 0.902. The molecule has 0 saturated carbocycles. The van der Waals surface area contributed by atoms with Gasteiger partial charge in [0.2, 0.25) is 5.91 Å². The van der Waals surface area contributed by atoms with E-state index in [0.29, 0.717) is 5.92 Å². The summed E-state index contributed by atoms with van der Waals surface area (Å²) >= 11 is 0. The number of benzene rings is 2. The van der Waals surface area contributed by atoms with E-state index in [9.17, 15) is 9.18 Å². The Morgan fingerprint density at radius 3 is 2.48 bits per heavy atom. The van der Waals surface area contributed by atoms with E-state index in [4.69, 9.17) is 5.73 Å². The van der Waals surface area contributed by atoms with Crippen LogP contribution in [0.4, 0.5) is 4.39 Å². The van der Waals surface area contributed by atoms with Gasteiger partial charge < -0.3 is 10.6 Å². The summed E-state index contributed by atoms with van der Waals surface area (Å²) in [7, 11) is 0. The van der Waals surface area contributed by atoms with Crippen LogP contribution in [0.3, 0.4) is 0 Å². The molecule has 5 heteroatoms. The maximum absolute atomic E-state index is 13.0. The molecular formula is C20H24ClFN2O. The summed E-state index contributed by atoms with van der Waals surface area (Å²) < 4.78 is 13.0. The summed E-state index contributed by atoms with van der Waals surface area (Å²) in [5, 5.41) is 0. The first-order chi connectivity index (χ1) is 11.5. The maximum Gasteiger partial charge on any atom is 0.244 e. The third-order valence-corrected chi connectivity index (χ3v) is 4.74. The highest BCUT2D eigenvalue weighted by molar-refractivity contribution is 5.85. The van der Waals surface area contributed by atoms with Gasteiger partial charge in [-0.1, -0.05) is 42.0 Å². The minimum atomic E-state index is -0.602. The lowest BCUT2D eigenvalue weighted by Crippen LogP contribution is -2.37. The predicted octanol–water partition coefficient (Wildman–Crippen LogP) is 3.65. The van der Waals surface area contributed by atoms with Gasteiger partial charge >= 0.3 is 0 Å². The van der Waals surface area contributed by atoms with E-state index in [1.165, 1.54) is 12.1 Å². The van der Waals surface area contributed by atoms with Gasteiger partial charge in [-0.05, 0) is 48.9 Å². The fourth-order valence-electron chi connectivity index (χ4n) is 3.27. The standard InChI is InChI=1S/C20H23FN2O.ClH/c1-14-2-6-17(7-3-14)19(22)20(24)23-11-10-16(13-23)12-15-4-8-18(21)9-5-15;/h2-9,16,19H,10-13,22H2,1H3;1H. The fourth-order valence-corrected chi connectivity index (χ4v) is 3.27. The molecular weight excluding hydrogens is 339 g/mol. The van der Waals surface area contributed by atoms with E-state index < -0.39 is 6.04 Å². The normalized spacial score (nSPS) is 17.9. The monoisotopic (exact) mass is 362 g/mol. The van der Waals surface area contributed by atoms with Crippen LogP contribution in [0, 0.1) is 18.7 Å². The summed E-state index contributed by atoms with van der Waals surface area (Å²) in [6.07, 6.45) is 1.83. The van der Waals surface area contributed by atoms with Crippen molar-refractivity contribution in [3.8, 4) is 0 Å². The zero-order valence-corrected chi connectivity index (χ0v) is 15.1. The largest absolute Gasteiger partial charge is 0.341 e. The van der Waals surface area contributed by atoms with E-state index in [0.717, 1.165) is 42.6 Å². The summed E-state index contributed by atoms with van der Waals surface area (Å²) in [6.45, 7) is 3.47. The van der Waals surface area contributed by atoms with E-state index >= 15 is 0 Å². The molecule has 1 amide bonds. The third kappa shape index (κ3) is 4.80. The van der Waals surface area contributed by atoms with Crippen LogP contribution in [0.15, 0.2) is 48.5 Å². The molecule has 3 nitrogen and oxygen atoms in total. The van der Waals surface area contributed by atoms with E-state index in [1.54, 1.807) is 0 Å². The lowest BCUT2D eigenvalue weighted by atomic mass is 9.99. The molecule has 0 spiro atoms. The van der Waals surface area contributed by atoms with Crippen LogP contribution in [0.5, 0.6) is 0 Å². The summed E-state index contributed by atoms with van der Waals surface area (Å²) in [4.78, 5) is 14.5. The van der Waals surface area contributed by atoms with Crippen molar-refractivity contribution in [1.29, 1.82) is 0 Å². The molecule has 3 rings (SSSR count). The zero-order valence-electron chi connectivity index (χ0n) is 14.3. The molecule has 1 saturated heterocycles. The number of hydrogen-bond donors (Lipinski definition) is 1. The van der Waals surface area contributed by atoms with E-state index in [-0.39, 0.29) is 24.1 Å². The van der Waals surface area contributed by atoms with Crippen LogP contribution < -0.4 is 5.73 Å². The zero-order chi connectivity index (χ0) is 17.1. The summed E-state index contributed by atoms with van der Waals surface area (Å²) in [5.41, 5.74) is 9.27. The number of nitrogens with two attached hydrogens (primary N) is 1. The Bertz CT molecular complexity index is 703. The third-order valence-electron chi connectivity index (χ3n) is 4.74. The van der Waals surface area contributed by atoms with Crippen molar-refractivity contribution in [2.24, 2.45) is 11.7 Å². The first-order valence-electron chi connectivity index (χ1n) is 8.38. The van der Waals surface area contributed by atoms with Crippen molar-refractivity contribution in [1.82, 2.24) is 4.90 Å². The number of nitrogens with zero attached hydrogens (tertiary/aromatic N) is 1. The molecule has 0 bridgehead atoms. The van der Waals surface area contributed by atoms with Crippen molar-refractivity contribution in [3.63, 3.8) is 0 Å². The number of aryl methyl sites for hydroxylation is 1. The van der Waals surface area contributed by atoms with E-state index in [1.807, 2.05) is 48.2 Å². The van der Waals surface area contributed by atoms with Crippen molar-refractivity contribution in [3.05, 3.63) is 71.0 Å². The Balaban J connectivity index is 0.00000225. The average molecular weight is 363 g/mol. The molecule has 1 aliphatic heterocycles. The molecule has 2 unspecified atom stereocenters. The van der Waals surface area contributed by atoms with Gasteiger partial charge in [0.05, 0.1) is 0 Å². The second-order valence-electron chi connectivity index (χ2n) is 6.66. The molecule has 134 valence electrons. The van der Waals surface area contributed by atoms with Crippen LogP contribution in [0.25, 0.3) is 0 Å². The van der Waals surface area contributed by atoms with Gasteiger partial charge in [0.25, 0.3) is 0 Å². The highest BCUT2D eigenvalue weighted by Crippen LogP contribution is 2.24. The predicted molar refractivity (Wildman–Crippen MR) is 100 cm³/mol. The lowest BCUT2D eigenvalue weighted by Gasteiger charge is -2.21. The molecule has 2 aromatic carbocycles. The average Bonchev–Trinajstić information content (AvgIpc) is 3.05. The van der Waals surface area contributed by atoms with Crippen LogP contribution in [0.2, 0.25) is 0 Å². The van der Waals surface area contributed by atoms with Crippen LogP contribution >= 0.6 is 12.4 Å². The highest BCUT2D eigenvalue weighted by atomic mass is 35.5. The van der Waals surface area contributed by atoms with Crippen LogP contribution in [0.1, 0.15) is 29.2 Å². The van der Waals surface area contributed by atoms with Gasteiger partial charge in [-0.25, -0.2) is 4.39 Å².